The summed E-state index contributed by atoms with van der Waals surface area (Å²) in [5, 5.41) is 10.7. The predicted molar refractivity (Wildman–Crippen MR) is 66.3 cm³/mol. The second-order valence-corrected chi connectivity index (χ2v) is 5.27. The van der Waals surface area contributed by atoms with Crippen LogP contribution >= 0.6 is 15.9 Å². The molecule has 4 heteroatoms. The summed E-state index contributed by atoms with van der Waals surface area (Å²) >= 11 is 3.43. The average Bonchev–Trinajstić information content (AvgIpc) is 2.60. The van der Waals surface area contributed by atoms with Gasteiger partial charge in [-0.1, -0.05) is 6.92 Å². The maximum absolute atomic E-state index is 10.7. The average molecular weight is 288 g/mol. The van der Waals surface area contributed by atoms with Crippen LogP contribution in [-0.4, -0.2) is 29.6 Å². The minimum atomic E-state index is -0.799. The topological polar surface area (TPSA) is 36.6 Å². The summed E-state index contributed by atoms with van der Waals surface area (Å²) in [5.74, 6) is 0.686. The molecule has 1 fully saturated rings. The molecule has 1 aromatic rings. The largest absolute Gasteiger partial charge is 0.465 e. The van der Waals surface area contributed by atoms with Gasteiger partial charge in [-0.15, -0.1) is 0 Å². The van der Waals surface area contributed by atoms with E-state index in [9.17, 15) is 5.11 Å². The van der Waals surface area contributed by atoms with E-state index in [2.05, 4.69) is 27.8 Å². The molecular weight excluding hydrogens is 270 g/mol. The Bertz CT molecular complexity index is 353. The summed E-state index contributed by atoms with van der Waals surface area (Å²) in [6, 6.07) is 1.84. The van der Waals surface area contributed by atoms with Crippen LogP contribution in [0.3, 0.4) is 0 Å². The van der Waals surface area contributed by atoms with E-state index in [0.717, 1.165) is 43.4 Å². The smallest absolute Gasteiger partial charge is 0.149 e. The zero-order valence-corrected chi connectivity index (χ0v) is 11.2. The Morgan fingerprint density at radius 1 is 1.50 bits per heavy atom. The first-order valence-electron chi connectivity index (χ1n) is 5.84. The molecular formula is C12H18BrNO2. The van der Waals surface area contributed by atoms with Gasteiger partial charge in [0.25, 0.3) is 0 Å². The molecule has 0 bridgehead atoms. The van der Waals surface area contributed by atoms with Crippen molar-refractivity contribution in [3.8, 4) is 0 Å². The number of nitrogens with zero attached hydrogens (tertiary/aromatic N) is 1. The summed E-state index contributed by atoms with van der Waals surface area (Å²) in [6.45, 7) is 5.21. The van der Waals surface area contributed by atoms with E-state index in [1.807, 2.05) is 6.07 Å². The summed E-state index contributed by atoms with van der Waals surface area (Å²) in [6.07, 6.45) is 4.15. The first kappa shape index (κ1) is 12.1. The van der Waals surface area contributed by atoms with Gasteiger partial charge in [0.15, 0.2) is 0 Å². The predicted octanol–water partition coefficient (Wildman–Crippen LogP) is 2.74. The minimum Gasteiger partial charge on any atom is -0.465 e. The summed E-state index contributed by atoms with van der Waals surface area (Å²) in [4.78, 5) is 2.37. The number of furan rings is 1. The number of halogens is 1. The van der Waals surface area contributed by atoms with Crippen molar-refractivity contribution < 1.29 is 9.52 Å². The fourth-order valence-electron chi connectivity index (χ4n) is 2.34. The number of hydrogen-bond donors (Lipinski definition) is 1. The second-order valence-electron chi connectivity index (χ2n) is 4.42. The zero-order chi connectivity index (χ0) is 11.6. The third-order valence-corrected chi connectivity index (χ3v) is 4.02. The van der Waals surface area contributed by atoms with Gasteiger partial charge in [0.2, 0.25) is 0 Å². The lowest BCUT2D eigenvalue weighted by Gasteiger charge is -2.25. The lowest BCUT2D eigenvalue weighted by Crippen LogP contribution is -2.29. The molecule has 1 atom stereocenters. The highest BCUT2D eigenvalue weighted by Crippen LogP contribution is 2.37. The van der Waals surface area contributed by atoms with Gasteiger partial charge in [-0.3, -0.25) is 0 Å². The van der Waals surface area contributed by atoms with Crippen molar-refractivity contribution in [3.63, 3.8) is 0 Å². The molecule has 1 unspecified atom stereocenters. The van der Waals surface area contributed by atoms with Crippen LogP contribution in [0.15, 0.2) is 21.2 Å². The van der Waals surface area contributed by atoms with Gasteiger partial charge in [0.05, 0.1) is 10.7 Å². The van der Waals surface area contributed by atoms with Crippen LogP contribution in [0.25, 0.3) is 0 Å². The number of rotatable bonds is 2. The van der Waals surface area contributed by atoms with Gasteiger partial charge in [0, 0.05) is 6.54 Å². The quantitative estimate of drug-likeness (QED) is 0.909. The molecule has 2 heterocycles. The highest BCUT2D eigenvalue weighted by molar-refractivity contribution is 9.10. The Kier molecular flexibility index (Phi) is 3.72. The second kappa shape index (κ2) is 4.90. The minimum absolute atomic E-state index is 0.686. The first-order chi connectivity index (χ1) is 7.65. The standard InChI is InChI=1S/C12H18BrNO2/c1-2-14-7-3-5-12(15,6-8-14)11-10(13)4-9-16-11/h4,9,15H,2-3,5-8H2,1H3. The fraction of sp³-hybridized carbons (Fsp3) is 0.667. The van der Waals surface area contributed by atoms with E-state index < -0.39 is 5.60 Å². The maximum Gasteiger partial charge on any atom is 0.149 e. The molecule has 1 N–H and O–H groups in total. The lowest BCUT2D eigenvalue weighted by molar-refractivity contribution is -0.000296. The first-order valence-corrected chi connectivity index (χ1v) is 6.63. The summed E-state index contributed by atoms with van der Waals surface area (Å²) < 4.78 is 6.29. The molecule has 0 amide bonds. The van der Waals surface area contributed by atoms with E-state index in [-0.39, 0.29) is 0 Å². The van der Waals surface area contributed by atoms with Crippen molar-refractivity contribution in [2.75, 3.05) is 19.6 Å². The number of aliphatic hydroxyl groups is 1. The van der Waals surface area contributed by atoms with Gasteiger partial charge in [-0.05, 0) is 54.3 Å². The maximum atomic E-state index is 10.7. The third kappa shape index (κ3) is 2.34. The molecule has 0 spiro atoms. The molecule has 1 aromatic heterocycles. The molecule has 16 heavy (non-hydrogen) atoms. The van der Waals surface area contributed by atoms with Crippen LogP contribution in [0.5, 0.6) is 0 Å². The van der Waals surface area contributed by atoms with Gasteiger partial charge in [-0.2, -0.15) is 0 Å². The van der Waals surface area contributed by atoms with Gasteiger partial charge < -0.3 is 14.4 Å². The van der Waals surface area contributed by atoms with Gasteiger partial charge >= 0.3 is 0 Å². The fourth-order valence-corrected chi connectivity index (χ4v) is 2.91. The lowest BCUT2D eigenvalue weighted by atomic mass is 9.92. The zero-order valence-electron chi connectivity index (χ0n) is 9.58. The van der Waals surface area contributed by atoms with Crippen LogP contribution in [-0.2, 0) is 5.60 Å². The van der Waals surface area contributed by atoms with Crippen molar-refractivity contribution >= 4 is 15.9 Å². The molecule has 2 rings (SSSR count). The molecule has 90 valence electrons. The van der Waals surface area contributed by atoms with E-state index >= 15 is 0 Å². The van der Waals surface area contributed by atoms with E-state index in [4.69, 9.17) is 4.42 Å². The molecule has 1 aliphatic heterocycles. The van der Waals surface area contributed by atoms with E-state index in [1.54, 1.807) is 6.26 Å². The highest BCUT2D eigenvalue weighted by atomic mass is 79.9. The van der Waals surface area contributed by atoms with Gasteiger partial charge in [0.1, 0.15) is 11.4 Å². The van der Waals surface area contributed by atoms with Crippen LogP contribution in [0.1, 0.15) is 31.9 Å². The molecule has 1 aliphatic rings. The van der Waals surface area contributed by atoms with Crippen LogP contribution in [0.2, 0.25) is 0 Å². The molecule has 0 aliphatic carbocycles. The monoisotopic (exact) mass is 287 g/mol. The highest BCUT2D eigenvalue weighted by Gasteiger charge is 2.35. The summed E-state index contributed by atoms with van der Waals surface area (Å²) in [5.41, 5.74) is -0.799. The third-order valence-electron chi connectivity index (χ3n) is 3.39. The van der Waals surface area contributed by atoms with Crippen molar-refractivity contribution in [2.45, 2.75) is 31.8 Å². The Balaban J connectivity index is 2.16. The Hall–Kier alpha value is -0.320. The SMILES string of the molecule is CCN1CCCC(O)(c2occc2Br)CC1. The van der Waals surface area contributed by atoms with Gasteiger partial charge in [-0.25, -0.2) is 0 Å². The summed E-state index contributed by atoms with van der Waals surface area (Å²) in [7, 11) is 0. The Morgan fingerprint density at radius 3 is 2.94 bits per heavy atom. The van der Waals surface area contributed by atoms with Crippen LogP contribution in [0, 0.1) is 0 Å². The van der Waals surface area contributed by atoms with Crippen molar-refractivity contribution in [1.82, 2.24) is 4.90 Å². The normalized spacial score (nSPS) is 27.9. The van der Waals surface area contributed by atoms with Crippen LogP contribution in [0.4, 0.5) is 0 Å². The number of hydrogen-bond acceptors (Lipinski definition) is 3. The Morgan fingerprint density at radius 2 is 2.31 bits per heavy atom. The number of likely N-dealkylation sites (tertiary alicyclic amines) is 1. The van der Waals surface area contributed by atoms with Crippen molar-refractivity contribution in [3.05, 3.63) is 22.6 Å². The molecule has 1 saturated heterocycles. The van der Waals surface area contributed by atoms with Crippen molar-refractivity contribution in [2.24, 2.45) is 0 Å². The van der Waals surface area contributed by atoms with E-state index in [1.165, 1.54) is 0 Å². The Labute approximate surface area is 105 Å². The molecule has 0 aromatic carbocycles. The van der Waals surface area contributed by atoms with Crippen molar-refractivity contribution in [1.29, 1.82) is 0 Å². The molecule has 3 nitrogen and oxygen atoms in total. The molecule has 0 saturated carbocycles. The van der Waals surface area contributed by atoms with E-state index in [0.29, 0.717) is 5.76 Å². The van der Waals surface area contributed by atoms with Crippen LogP contribution < -0.4 is 0 Å². The molecule has 0 radical (unpaired) electrons.